The molecule has 16 heavy (non-hydrogen) atoms. The van der Waals surface area contributed by atoms with Gasteiger partial charge in [-0.15, -0.1) is 11.3 Å². The number of esters is 2. The summed E-state index contributed by atoms with van der Waals surface area (Å²) >= 11 is 1.28. The topological polar surface area (TPSA) is 77.5 Å². The third-order valence-electron chi connectivity index (χ3n) is 1.79. The van der Waals surface area contributed by atoms with Crippen LogP contribution in [0.4, 0.5) is 5.13 Å². The molecule has 0 aliphatic rings. The Morgan fingerprint density at radius 1 is 1.38 bits per heavy atom. The fourth-order valence-corrected chi connectivity index (χ4v) is 1.77. The molecule has 0 aliphatic heterocycles. The van der Waals surface area contributed by atoms with E-state index in [4.69, 9.17) is 0 Å². The Hall–Kier alpha value is -1.63. The van der Waals surface area contributed by atoms with Crippen LogP contribution in [0.1, 0.15) is 15.4 Å². The molecule has 1 N–H and O–H groups in total. The third kappa shape index (κ3) is 2.93. The molecule has 1 heterocycles. The summed E-state index contributed by atoms with van der Waals surface area (Å²) in [6, 6.07) is 0. The normalized spacial score (nSPS) is 9.69. The Bertz CT molecular complexity index is 402. The number of carbonyl (C=O) groups is 2. The van der Waals surface area contributed by atoms with Gasteiger partial charge in [0.05, 0.1) is 14.2 Å². The minimum Gasteiger partial charge on any atom is -0.468 e. The summed E-state index contributed by atoms with van der Waals surface area (Å²) in [6.07, 6.45) is 0. The number of hydrogen-bond donors (Lipinski definition) is 1. The van der Waals surface area contributed by atoms with Gasteiger partial charge in [0.15, 0.2) is 10.8 Å². The van der Waals surface area contributed by atoms with Crippen molar-refractivity contribution in [2.24, 2.45) is 0 Å². The Balaban J connectivity index is 2.69. The summed E-state index contributed by atoms with van der Waals surface area (Å²) in [7, 11) is 2.60. The number of aryl methyl sites for hydroxylation is 1. The molecule has 0 unspecified atom stereocenters. The SMILES string of the molecule is COC(=O)CNc1nc(C(=O)OC)c(C)s1. The molecule has 0 amide bonds. The van der Waals surface area contributed by atoms with Gasteiger partial charge in [-0.2, -0.15) is 0 Å². The van der Waals surface area contributed by atoms with Gasteiger partial charge >= 0.3 is 11.9 Å². The van der Waals surface area contributed by atoms with Crippen molar-refractivity contribution in [1.82, 2.24) is 4.98 Å². The monoisotopic (exact) mass is 244 g/mol. The zero-order valence-electron chi connectivity index (χ0n) is 9.20. The van der Waals surface area contributed by atoms with E-state index < -0.39 is 11.9 Å². The second-order valence-corrected chi connectivity index (χ2v) is 4.05. The number of hydrogen-bond acceptors (Lipinski definition) is 7. The predicted molar refractivity (Wildman–Crippen MR) is 58.7 cm³/mol. The Morgan fingerprint density at radius 2 is 2.06 bits per heavy atom. The van der Waals surface area contributed by atoms with Crippen molar-refractivity contribution in [3.05, 3.63) is 10.6 Å². The maximum absolute atomic E-state index is 11.2. The lowest BCUT2D eigenvalue weighted by atomic mass is 10.4. The van der Waals surface area contributed by atoms with Crippen molar-refractivity contribution in [2.45, 2.75) is 6.92 Å². The average Bonchev–Trinajstić information content (AvgIpc) is 2.66. The van der Waals surface area contributed by atoms with Crippen molar-refractivity contribution in [1.29, 1.82) is 0 Å². The smallest absolute Gasteiger partial charge is 0.357 e. The molecule has 88 valence electrons. The Labute approximate surface area is 96.6 Å². The van der Waals surface area contributed by atoms with Crippen LogP contribution in [0.2, 0.25) is 0 Å². The maximum Gasteiger partial charge on any atom is 0.357 e. The highest BCUT2D eigenvalue weighted by Crippen LogP contribution is 2.22. The molecule has 1 rings (SSSR count). The molecule has 0 atom stereocenters. The van der Waals surface area contributed by atoms with Crippen LogP contribution in [0.15, 0.2) is 0 Å². The van der Waals surface area contributed by atoms with E-state index in [2.05, 4.69) is 19.8 Å². The highest BCUT2D eigenvalue weighted by atomic mass is 32.1. The van der Waals surface area contributed by atoms with Gasteiger partial charge in [-0.3, -0.25) is 4.79 Å². The second-order valence-electron chi connectivity index (χ2n) is 2.85. The molecule has 1 aromatic heterocycles. The molecule has 0 spiro atoms. The summed E-state index contributed by atoms with van der Waals surface area (Å²) in [5, 5.41) is 3.25. The third-order valence-corrected chi connectivity index (χ3v) is 2.72. The molecular weight excluding hydrogens is 232 g/mol. The van der Waals surface area contributed by atoms with E-state index in [1.54, 1.807) is 6.92 Å². The summed E-state index contributed by atoms with van der Waals surface area (Å²) in [4.78, 5) is 26.9. The number of nitrogens with one attached hydrogen (secondary N) is 1. The summed E-state index contributed by atoms with van der Waals surface area (Å²) in [5.41, 5.74) is 0.264. The van der Waals surface area contributed by atoms with Crippen molar-refractivity contribution < 1.29 is 19.1 Å². The number of methoxy groups -OCH3 is 2. The first kappa shape index (κ1) is 12.4. The fraction of sp³-hybridized carbons (Fsp3) is 0.444. The molecule has 6 nitrogen and oxygen atoms in total. The quantitative estimate of drug-likeness (QED) is 0.790. The van der Waals surface area contributed by atoms with E-state index in [1.807, 2.05) is 0 Å². The summed E-state index contributed by atoms with van der Waals surface area (Å²) < 4.78 is 9.02. The van der Waals surface area contributed by atoms with Crippen LogP contribution in [-0.4, -0.2) is 37.7 Å². The maximum atomic E-state index is 11.2. The van der Waals surface area contributed by atoms with Gasteiger partial charge in [0, 0.05) is 4.88 Å². The first-order valence-electron chi connectivity index (χ1n) is 4.45. The number of ether oxygens (including phenoxy) is 2. The van der Waals surface area contributed by atoms with E-state index in [0.717, 1.165) is 4.88 Å². The van der Waals surface area contributed by atoms with Gasteiger partial charge in [-0.25, -0.2) is 9.78 Å². The van der Waals surface area contributed by atoms with Crippen molar-refractivity contribution >= 4 is 28.4 Å². The van der Waals surface area contributed by atoms with Crippen molar-refractivity contribution in [3.8, 4) is 0 Å². The molecule has 0 bridgehead atoms. The van der Waals surface area contributed by atoms with Crippen molar-refractivity contribution in [3.63, 3.8) is 0 Å². The van der Waals surface area contributed by atoms with E-state index in [0.29, 0.717) is 5.13 Å². The van der Waals surface area contributed by atoms with E-state index >= 15 is 0 Å². The number of aromatic nitrogens is 1. The van der Waals surface area contributed by atoms with Crippen LogP contribution >= 0.6 is 11.3 Å². The van der Waals surface area contributed by atoms with Crippen LogP contribution in [0.5, 0.6) is 0 Å². The van der Waals surface area contributed by atoms with Gasteiger partial charge in [0.2, 0.25) is 0 Å². The Morgan fingerprint density at radius 3 is 2.62 bits per heavy atom. The van der Waals surface area contributed by atoms with Crippen LogP contribution < -0.4 is 5.32 Å². The molecule has 0 fully saturated rings. The number of anilines is 1. The molecular formula is C9H12N2O4S. The van der Waals surface area contributed by atoms with E-state index in [-0.39, 0.29) is 12.2 Å². The number of thiazole rings is 1. The minimum absolute atomic E-state index is 0.0179. The standard InChI is InChI=1S/C9H12N2O4S/c1-5-7(8(13)15-3)11-9(16-5)10-4-6(12)14-2/h4H2,1-3H3,(H,10,11). The van der Waals surface area contributed by atoms with Crippen molar-refractivity contribution in [2.75, 3.05) is 26.1 Å². The van der Waals surface area contributed by atoms with Crippen LogP contribution in [0, 0.1) is 6.92 Å². The summed E-state index contributed by atoms with van der Waals surface area (Å²) in [6.45, 7) is 1.78. The molecule has 1 aromatic rings. The van der Waals surface area contributed by atoms with Gasteiger partial charge < -0.3 is 14.8 Å². The summed E-state index contributed by atoms with van der Waals surface area (Å²) in [5.74, 6) is -0.882. The molecule has 0 saturated carbocycles. The van der Waals surface area contributed by atoms with Crippen LogP contribution in [0.25, 0.3) is 0 Å². The lowest BCUT2D eigenvalue weighted by molar-refractivity contribution is -0.138. The molecule has 0 radical (unpaired) electrons. The predicted octanol–water partition coefficient (Wildman–Crippen LogP) is 0.823. The van der Waals surface area contributed by atoms with E-state index in [9.17, 15) is 9.59 Å². The molecule has 0 saturated heterocycles. The molecule has 7 heteroatoms. The Kier molecular flexibility index (Phi) is 4.24. The molecule has 0 aromatic carbocycles. The highest BCUT2D eigenvalue weighted by molar-refractivity contribution is 7.15. The zero-order chi connectivity index (χ0) is 12.1. The number of nitrogens with zero attached hydrogens (tertiary/aromatic N) is 1. The van der Waals surface area contributed by atoms with Crippen LogP contribution in [-0.2, 0) is 14.3 Å². The molecule has 0 aliphatic carbocycles. The lowest BCUT2D eigenvalue weighted by Crippen LogP contribution is -2.15. The zero-order valence-corrected chi connectivity index (χ0v) is 10.0. The van der Waals surface area contributed by atoms with Gasteiger partial charge in [0.25, 0.3) is 0 Å². The number of rotatable bonds is 4. The first-order valence-corrected chi connectivity index (χ1v) is 5.26. The van der Waals surface area contributed by atoms with Gasteiger partial charge in [0.1, 0.15) is 6.54 Å². The fourth-order valence-electron chi connectivity index (χ4n) is 0.978. The lowest BCUT2D eigenvalue weighted by Gasteiger charge is -1.99. The first-order chi connectivity index (χ1) is 7.58. The van der Waals surface area contributed by atoms with Crippen LogP contribution in [0.3, 0.4) is 0 Å². The van der Waals surface area contributed by atoms with Gasteiger partial charge in [-0.1, -0.05) is 0 Å². The number of carbonyl (C=O) groups excluding carboxylic acids is 2. The average molecular weight is 244 g/mol. The van der Waals surface area contributed by atoms with E-state index in [1.165, 1.54) is 25.6 Å². The minimum atomic E-state index is -0.486. The van der Waals surface area contributed by atoms with Gasteiger partial charge in [-0.05, 0) is 6.92 Å². The highest BCUT2D eigenvalue weighted by Gasteiger charge is 2.15. The largest absolute Gasteiger partial charge is 0.468 e. The second kappa shape index (κ2) is 5.45.